The zero-order chi connectivity index (χ0) is 20.3. The number of hydrogen-bond acceptors (Lipinski definition) is 3. The van der Waals surface area contributed by atoms with Crippen molar-refractivity contribution in [2.24, 2.45) is 5.92 Å². The average molecular weight is 413 g/mol. The van der Waals surface area contributed by atoms with Gasteiger partial charge >= 0.3 is 0 Å². The molecule has 0 spiro atoms. The summed E-state index contributed by atoms with van der Waals surface area (Å²) >= 11 is 0. The maximum atomic E-state index is 13.1. The molecule has 29 heavy (non-hydrogen) atoms. The smallest absolute Gasteiger partial charge is 0.232 e. The molecule has 1 N–H and O–H groups in total. The largest absolute Gasteiger partial charge is 0.355 e. The van der Waals surface area contributed by atoms with Gasteiger partial charge in [-0.3, -0.25) is 4.79 Å². The molecule has 4 rings (SSSR count). The third-order valence-corrected chi connectivity index (χ3v) is 8.37. The Labute approximate surface area is 173 Å². The Balaban J connectivity index is 1.37. The summed E-state index contributed by atoms with van der Waals surface area (Å²) in [6.45, 7) is 1.73. The minimum absolute atomic E-state index is 0.00423. The molecule has 1 saturated heterocycles. The lowest BCUT2D eigenvalue weighted by Gasteiger charge is -2.31. The molecule has 1 aliphatic heterocycles. The monoisotopic (exact) mass is 412 g/mol. The van der Waals surface area contributed by atoms with E-state index in [9.17, 15) is 13.2 Å². The highest BCUT2D eigenvalue weighted by molar-refractivity contribution is 7.90. The second-order valence-corrected chi connectivity index (χ2v) is 10.3. The van der Waals surface area contributed by atoms with Gasteiger partial charge in [0, 0.05) is 19.6 Å². The summed E-state index contributed by atoms with van der Waals surface area (Å²) in [5.74, 6) is -0.0278. The number of nitrogens with one attached hydrogen (secondary N) is 1. The molecule has 5 nitrogen and oxygen atoms in total. The van der Waals surface area contributed by atoms with E-state index in [4.69, 9.17) is 0 Å². The number of nitrogens with zero attached hydrogens (tertiary/aromatic N) is 1. The van der Waals surface area contributed by atoms with Crippen molar-refractivity contribution in [3.05, 3.63) is 71.8 Å². The molecule has 2 aromatic rings. The fourth-order valence-corrected chi connectivity index (χ4v) is 5.95. The highest BCUT2D eigenvalue weighted by atomic mass is 32.2. The third kappa shape index (κ3) is 4.70. The molecule has 1 aliphatic carbocycles. The molecule has 154 valence electrons. The first-order chi connectivity index (χ1) is 14.1. The van der Waals surface area contributed by atoms with Gasteiger partial charge in [-0.1, -0.05) is 60.7 Å². The van der Waals surface area contributed by atoms with Gasteiger partial charge in [0.05, 0.1) is 11.2 Å². The molecule has 0 radical (unpaired) electrons. The van der Waals surface area contributed by atoms with E-state index in [-0.39, 0.29) is 17.1 Å². The third-order valence-electron chi connectivity index (χ3n) is 5.97. The van der Waals surface area contributed by atoms with Crippen LogP contribution in [0.1, 0.15) is 42.7 Å². The van der Waals surface area contributed by atoms with Crippen molar-refractivity contribution in [2.45, 2.75) is 36.9 Å². The molecule has 0 atom stereocenters. The number of rotatable bonds is 7. The normalized spacial score (nSPS) is 18.7. The van der Waals surface area contributed by atoms with Crippen molar-refractivity contribution in [3.8, 4) is 0 Å². The van der Waals surface area contributed by atoms with Crippen LogP contribution in [0.5, 0.6) is 0 Å². The van der Waals surface area contributed by atoms with Crippen LogP contribution >= 0.6 is 0 Å². The molecule has 0 bridgehead atoms. The number of carbonyl (C=O) groups is 1. The predicted octanol–water partition coefficient (Wildman–Crippen LogP) is 3.14. The van der Waals surface area contributed by atoms with Crippen molar-refractivity contribution in [2.75, 3.05) is 19.6 Å². The summed E-state index contributed by atoms with van der Waals surface area (Å²) in [5.41, 5.74) is 1.95. The fourth-order valence-electron chi connectivity index (χ4n) is 4.08. The van der Waals surface area contributed by atoms with Crippen LogP contribution in [0, 0.1) is 5.92 Å². The minimum atomic E-state index is -3.08. The van der Waals surface area contributed by atoms with Gasteiger partial charge in [0.25, 0.3) is 0 Å². The van der Waals surface area contributed by atoms with E-state index in [2.05, 4.69) is 5.32 Å². The Morgan fingerprint density at radius 2 is 1.41 bits per heavy atom. The number of hydrogen-bond donors (Lipinski definition) is 1. The molecule has 1 amide bonds. The van der Waals surface area contributed by atoms with Crippen LogP contribution in [0.4, 0.5) is 0 Å². The molecular formula is C23H28N2O3S. The minimum Gasteiger partial charge on any atom is -0.355 e. The molecule has 2 aliphatic rings. The zero-order valence-corrected chi connectivity index (χ0v) is 17.4. The van der Waals surface area contributed by atoms with Gasteiger partial charge in [0.1, 0.15) is 0 Å². The van der Waals surface area contributed by atoms with Crippen molar-refractivity contribution in [1.82, 2.24) is 9.62 Å². The first kappa shape index (κ1) is 20.1. The maximum absolute atomic E-state index is 13.1. The van der Waals surface area contributed by atoms with E-state index in [0.717, 1.165) is 36.8 Å². The summed E-state index contributed by atoms with van der Waals surface area (Å²) in [6, 6.07) is 19.7. The number of carbonyl (C=O) groups excluding carboxylic acids is 1. The quantitative estimate of drug-likeness (QED) is 0.760. The Morgan fingerprint density at radius 1 is 0.897 bits per heavy atom. The second kappa shape index (κ2) is 8.67. The highest BCUT2D eigenvalue weighted by Gasteiger charge is 2.41. The lowest BCUT2D eigenvalue weighted by Crippen LogP contribution is -2.43. The van der Waals surface area contributed by atoms with E-state index < -0.39 is 10.0 Å². The van der Waals surface area contributed by atoms with Crippen molar-refractivity contribution < 1.29 is 13.2 Å². The number of amides is 1. The van der Waals surface area contributed by atoms with Crippen molar-refractivity contribution in [1.29, 1.82) is 0 Å². The van der Waals surface area contributed by atoms with Crippen LogP contribution in [-0.2, 0) is 14.8 Å². The Kier molecular flexibility index (Phi) is 6.01. The summed E-state index contributed by atoms with van der Waals surface area (Å²) < 4.78 is 26.4. The van der Waals surface area contributed by atoms with Crippen molar-refractivity contribution in [3.63, 3.8) is 0 Å². The van der Waals surface area contributed by atoms with Gasteiger partial charge in [0.15, 0.2) is 0 Å². The summed E-state index contributed by atoms with van der Waals surface area (Å²) in [6.07, 6.45) is 3.21. The Bertz CT molecular complexity index is 880. The van der Waals surface area contributed by atoms with Crippen molar-refractivity contribution >= 4 is 15.9 Å². The van der Waals surface area contributed by atoms with Crippen LogP contribution in [0.15, 0.2) is 60.7 Å². The van der Waals surface area contributed by atoms with Crippen LogP contribution in [0.3, 0.4) is 0 Å². The summed E-state index contributed by atoms with van der Waals surface area (Å²) in [5, 5.41) is 2.99. The number of benzene rings is 2. The van der Waals surface area contributed by atoms with Crippen LogP contribution in [0.25, 0.3) is 0 Å². The number of piperidine rings is 1. The molecule has 6 heteroatoms. The van der Waals surface area contributed by atoms with Gasteiger partial charge in [-0.2, -0.15) is 0 Å². The van der Waals surface area contributed by atoms with Gasteiger partial charge in [-0.25, -0.2) is 12.7 Å². The highest BCUT2D eigenvalue weighted by Crippen LogP contribution is 2.33. The molecule has 2 aromatic carbocycles. The first-order valence-electron chi connectivity index (χ1n) is 10.4. The summed E-state index contributed by atoms with van der Waals surface area (Å²) in [7, 11) is -3.08. The molecular weight excluding hydrogens is 384 g/mol. The summed E-state index contributed by atoms with van der Waals surface area (Å²) in [4.78, 5) is 13.1. The molecule has 0 aromatic heterocycles. The maximum Gasteiger partial charge on any atom is 0.232 e. The topological polar surface area (TPSA) is 66.5 Å². The van der Waals surface area contributed by atoms with E-state index >= 15 is 0 Å². The Morgan fingerprint density at radius 3 is 1.90 bits per heavy atom. The molecule has 1 heterocycles. The fraction of sp³-hybridized carbons (Fsp3) is 0.435. The average Bonchev–Trinajstić information content (AvgIpc) is 3.60. The van der Waals surface area contributed by atoms with E-state index in [0.29, 0.717) is 25.6 Å². The van der Waals surface area contributed by atoms with Gasteiger partial charge < -0.3 is 5.32 Å². The van der Waals surface area contributed by atoms with Crippen LogP contribution in [0.2, 0.25) is 0 Å². The molecule has 1 saturated carbocycles. The van der Waals surface area contributed by atoms with Gasteiger partial charge in [-0.15, -0.1) is 0 Å². The lowest BCUT2D eigenvalue weighted by molar-refractivity contribution is -0.121. The zero-order valence-electron chi connectivity index (χ0n) is 16.5. The molecule has 2 fully saturated rings. The van der Waals surface area contributed by atoms with E-state index in [1.54, 1.807) is 4.31 Å². The van der Waals surface area contributed by atoms with E-state index in [1.165, 1.54) is 0 Å². The lowest BCUT2D eigenvalue weighted by atomic mass is 9.90. The van der Waals surface area contributed by atoms with Crippen LogP contribution < -0.4 is 5.32 Å². The first-order valence-corrected chi connectivity index (χ1v) is 11.9. The molecule has 0 unspecified atom stereocenters. The number of sulfonamides is 1. The predicted molar refractivity (Wildman–Crippen MR) is 114 cm³/mol. The Hall–Kier alpha value is -2.18. The van der Waals surface area contributed by atoms with Crippen LogP contribution in [-0.4, -0.2) is 43.5 Å². The standard InChI is InChI=1S/C23H28N2O3S/c26-23(22(19-7-3-1-4-8-19)20-9-5-2-6-10-20)24-17-18-13-15-25(16-14-18)29(27,28)21-11-12-21/h1-10,18,21-22H,11-17H2,(H,24,26). The van der Waals surface area contributed by atoms with E-state index in [1.807, 2.05) is 60.7 Å². The SMILES string of the molecule is O=C(NCC1CCN(S(=O)(=O)C2CC2)CC1)C(c1ccccc1)c1ccccc1. The van der Waals surface area contributed by atoms with Gasteiger partial charge in [-0.05, 0) is 42.7 Å². The second-order valence-electron chi connectivity index (χ2n) is 8.09. The van der Waals surface area contributed by atoms with Gasteiger partial charge in [0.2, 0.25) is 15.9 Å².